The molecule has 2 N–H and O–H groups in total. The Morgan fingerprint density at radius 1 is 1.57 bits per heavy atom. The van der Waals surface area contributed by atoms with Gasteiger partial charge in [0.05, 0.1) is 0 Å². The molecule has 0 spiro atoms. The molecule has 0 bridgehead atoms. The van der Waals surface area contributed by atoms with E-state index in [0.717, 1.165) is 0 Å². The van der Waals surface area contributed by atoms with Gasteiger partial charge in [-0.15, -0.1) is 0 Å². The van der Waals surface area contributed by atoms with Gasteiger partial charge in [0.15, 0.2) is 5.78 Å². The first kappa shape index (κ1) is 10.8. The normalized spacial score (nSPS) is 12.1. The van der Waals surface area contributed by atoms with Crippen molar-refractivity contribution in [3.8, 4) is 0 Å². The molecule has 76 valence electrons. The van der Waals surface area contributed by atoms with Gasteiger partial charge in [0.25, 0.3) is 0 Å². The first-order chi connectivity index (χ1) is 6.63. The zero-order chi connectivity index (χ0) is 10.6. The fourth-order valence-electron chi connectivity index (χ4n) is 0.944. The van der Waals surface area contributed by atoms with Gasteiger partial charge in [-0.2, -0.15) is 0 Å². The highest BCUT2D eigenvalue weighted by Gasteiger charge is 2.03. The van der Waals surface area contributed by atoms with Crippen LogP contribution in [0.2, 0.25) is 0 Å². The fraction of sp³-hybridized carbons (Fsp3) is 0.125. The topological polar surface area (TPSA) is 89.5 Å². The van der Waals surface area contributed by atoms with Crippen LogP contribution in [0.5, 0.6) is 0 Å². The van der Waals surface area contributed by atoms with Crippen LogP contribution in [0.15, 0.2) is 24.3 Å². The molecule has 0 aliphatic rings. The third-order valence-electron chi connectivity index (χ3n) is 1.53. The number of ketones is 1. The van der Waals surface area contributed by atoms with Gasteiger partial charge >= 0.3 is 0 Å². The second-order valence-electron chi connectivity index (χ2n) is 2.50. The summed E-state index contributed by atoms with van der Waals surface area (Å²) in [6.45, 7) is -0.593. The maximum Gasteiger partial charge on any atom is 0.188 e. The van der Waals surface area contributed by atoms with E-state index < -0.39 is 23.7 Å². The number of benzene rings is 1. The Balaban J connectivity index is 2.89. The molecule has 14 heavy (non-hydrogen) atoms. The van der Waals surface area contributed by atoms with Crippen molar-refractivity contribution in [1.82, 2.24) is 0 Å². The number of Topliss-reactive ketones (excluding diaryl/α,β-unsaturated/α-hetero) is 1. The van der Waals surface area contributed by atoms with Gasteiger partial charge in [0.2, 0.25) is 0 Å². The van der Waals surface area contributed by atoms with Crippen LogP contribution in [-0.2, 0) is 11.3 Å². The minimum absolute atomic E-state index is 0.267. The summed E-state index contributed by atoms with van der Waals surface area (Å²) in [6.07, 6.45) is 0. The van der Waals surface area contributed by atoms with Crippen molar-refractivity contribution >= 4 is 22.7 Å². The number of nitrogens with one attached hydrogen (secondary N) is 1. The van der Waals surface area contributed by atoms with Gasteiger partial charge in [-0.3, -0.25) is 9.00 Å². The van der Waals surface area contributed by atoms with Crippen LogP contribution < -0.4 is 4.72 Å². The summed E-state index contributed by atoms with van der Waals surface area (Å²) in [5.41, 5.74) is 0.556. The third-order valence-corrected chi connectivity index (χ3v) is 1.93. The van der Waals surface area contributed by atoms with E-state index in [2.05, 4.69) is 4.72 Å². The van der Waals surface area contributed by atoms with Gasteiger partial charge in [-0.05, 0) is 12.1 Å². The van der Waals surface area contributed by atoms with Crippen molar-refractivity contribution < 1.29 is 18.7 Å². The molecule has 0 aromatic heterocycles. The maximum absolute atomic E-state index is 11.0. The highest BCUT2D eigenvalue weighted by molar-refractivity contribution is 7.80. The fourth-order valence-corrected chi connectivity index (χ4v) is 1.26. The predicted molar refractivity (Wildman–Crippen MR) is 50.4 cm³/mol. The van der Waals surface area contributed by atoms with Crippen molar-refractivity contribution in [3.05, 3.63) is 29.8 Å². The van der Waals surface area contributed by atoms with Crippen LogP contribution in [0.1, 0.15) is 10.4 Å². The summed E-state index contributed by atoms with van der Waals surface area (Å²) in [7, 11) is 0. The van der Waals surface area contributed by atoms with Crippen LogP contribution in [0.4, 0.5) is 5.69 Å². The Kier molecular flexibility index (Phi) is 3.75. The Morgan fingerprint density at radius 2 is 2.29 bits per heavy atom. The average molecular weight is 214 g/mol. The van der Waals surface area contributed by atoms with Gasteiger partial charge < -0.3 is 14.4 Å². The molecule has 1 unspecified atom stereocenters. The minimum Gasteiger partial charge on any atom is -0.755 e. The van der Waals surface area contributed by atoms with Crippen LogP contribution >= 0.6 is 0 Å². The van der Waals surface area contributed by atoms with Crippen LogP contribution in [0, 0.1) is 0 Å². The quantitative estimate of drug-likeness (QED) is 0.548. The molecule has 0 amide bonds. The molecule has 0 radical (unpaired) electrons. The number of rotatable bonds is 4. The summed E-state index contributed by atoms with van der Waals surface area (Å²) >= 11 is -2.41. The molecule has 5 nitrogen and oxygen atoms in total. The smallest absolute Gasteiger partial charge is 0.188 e. The summed E-state index contributed by atoms with van der Waals surface area (Å²) in [5.74, 6) is -0.453. The molecule has 0 fully saturated rings. The Bertz CT molecular complexity index is 366. The Labute approximate surface area is 83.2 Å². The van der Waals surface area contributed by atoms with E-state index in [0.29, 0.717) is 0 Å². The highest BCUT2D eigenvalue weighted by Crippen LogP contribution is 2.11. The lowest BCUT2D eigenvalue weighted by atomic mass is 10.1. The molecule has 1 rings (SSSR count). The van der Waals surface area contributed by atoms with Crippen molar-refractivity contribution in [3.63, 3.8) is 0 Å². The third kappa shape index (κ3) is 2.91. The maximum atomic E-state index is 11.0. The lowest BCUT2D eigenvalue weighted by Gasteiger charge is -2.08. The van der Waals surface area contributed by atoms with Crippen molar-refractivity contribution in [2.75, 3.05) is 11.3 Å². The van der Waals surface area contributed by atoms with E-state index in [1.807, 2.05) is 0 Å². The first-order valence-electron chi connectivity index (χ1n) is 3.73. The Hall–Kier alpha value is -1.24. The molecule has 0 aliphatic heterocycles. The van der Waals surface area contributed by atoms with Crippen LogP contribution in [0.3, 0.4) is 0 Å². The number of aliphatic hydroxyl groups excluding tert-OH is 1. The lowest BCUT2D eigenvalue weighted by molar-refractivity contribution is 0.0904. The van der Waals surface area contributed by atoms with Crippen LogP contribution in [-0.4, -0.2) is 26.3 Å². The summed E-state index contributed by atoms with van der Waals surface area (Å²) in [5, 5.41) is 8.57. The Morgan fingerprint density at radius 3 is 2.86 bits per heavy atom. The molecule has 1 aromatic rings. The van der Waals surface area contributed by atoms with E-state index in [1.54, 1.807) is 0 Å². The van der Waals surface area contributed by atoms with E-state index in [1.165, 1.54) is 24.3 Å². The molecule has 0 heterocycles. The van der Waals surface area contributed by atoms with Gasteiger partial charge in [0.1, 0.15) is 6.61 Å². The van der Waals surface area contributed by atoms with E-state index in [4.69, 9.17) is 5.11 Å². The monoisotopic (exact) mass is 214 g/mol. The zero-order valence-corrected chi connectivity index (χ0v) is 7.91. The zero-order valence-electron chi connectivity index (χ0n) is 7.10. The molecule has 6 heteroatoms. The number of anilines is 1. The molecule has 1 atom stereocenters. The van der Waals surface area contributed by atoms with Crippen LogP contribution in [0.25, 0.3) is 0 Å². The van der Waals surface area contributed by atoms with Crippen molar-refractivity contribution in [1.29, 1.82) is 0 Å². The summed E-state index contributed by atoms with van der Waals surface area (Å²) in [6, 6.07) is 5.88. The molecule has 0 saturated heterocycles. The average Bonchev–Trinajstić information content (AvgIpc) is 2.16. The van der Waals surface area contributed by atoms with Crippen molar-refractivity contribution in [2.24, 2.45) is 0 Å². The number of hydrogen-bond donors (Lipinski definition) is 2. The van der Waals surface area contributed by atoms with Gasteiger partial charge in [0, 0.05) is 22.5 Å². The van der Waals surface area contributed by atoms with E-state index >= 15 is 0 Å². The number of aliphatic hydroxyl groups is 1. The largest absolute Gasteiger partial charge is 0.755 e. The first-order valence-corrected chi connectivity index (χ1v) is 4.81. The second-order valence-corrected chi connectivity index (χ2v) is 3.17. The number of carbonyl (C=O) groups is 1. The molecular weight excluding hydrogens is 206 g/mol. The number of hydrogen-bond acceptors (Lipinski definition) is 4. The highest BCUT2D eigenvalue weighted by atomic mass is 32.2. The lowest BCUT2D eigenvalue weighted by Crippen LogP contribution is -2.06. The SMILES string of the molecule is O=C(CO)c1cccc(NS(=O)[O-])c1. The standard InChI is InChI=1S/C8H9NO4S/c10-5-8(11)6-2-1-3-7(4-6)9-14(12)13/h1-4,9-10H,5H2,(H,12,13)/p-1. The molecular formula is C8H8NO4S-. The van der Waals surface area contributed by atoms with E-state index in [-0.39, 0.29) is 11.3 Å². The second kappa shape index (κ2) is 4.85. The summed E-state index contributed by atoms with van der Waals surface area (Å²) in [4.78, 5) is 11.0. The molecule has 1 aromatic carbocycles. The number of carbonyl (C=O) groups excluding carboxylic acids is 1. The van der Waals surface area contributed by atoms with Gasteiger partial charge in [-0.1, -0.05) is 12.1 Å². The van der Waals surface area contributed by atoms with Crippen molar-refractivity contribution in [2.45, 2.75) is 0 Å². The minimum atomic E-state index is -2.41. The van der Waals surface area contributed by atoms with E-state index in [9.17, 15) is 13.6 Å². The predicted octanol–water partition coefficient (Wildman–Crippen LogP) is 0.0676. The summed E-state index contributed by atoms with van der Waals surface area (Å²) < 4.78 is 22.7. The van der Waals surface area contributed by atoms with Gasteiger partial charge in [-0.25, -0.2) is 0 Å². The molecule has 0 aliphatic carbocycles. The molecule has 0 saturated carbocycles.